The van der Waals surface area contributed by atoms with Crippen molar-refractivity contribution in [3.05, 3.63) is 30.3 Å². The molecule has 0 unspecified atom stereocenters. The third kappa shape index (κ3) is 2.56. The summed E-state index contributed by atoms with van der Waals surface area (Å²) in [4.78, 5) is 9.67. The lowest BCUT2D eigenvalue weighted by Crippen LogP contribution is -2.46. The van der Waals surface area contributed by atoms with Crippen molar-refractivity contribution in [2.75, 3.05) is 50.0 Å². The molecular formula is C16H22N4. The van der Waals surface area contributed by atoms with E-state index in [1.807, 2.05) is 7.05 Å². The number of fused-ring (bicyclic) bond motifs is 1. The van der Waals surface area contributed by atoms with Gasteiger partial charge in [0.2, 0.25) is 0 Å². The average Bonchev–Trinajstić information content (AvgIpc) is 2.54. The van der Waals surface area contributed by atoms with Crippen LogP contribution in [0.3, 0.4) is 0 Å². The van der Waals surface area contributed by atoms with Crippen LogP contribution in [0.4, 0.5) is 11.5 Å². The maximum atomic E-state index is 4.80. The van der Waals surface area contributed by atoms with Crippen LogP contribution >= 0.6 is 0 Å². The van der Waals surface area contributed by atoms with Crippen molar-refractivity contribution in [1.29, 1.82) is 0 Å². The molecule has 1 aromatic heterocycles. The van der Waals surface area contributed by atoms with Crippen molar-refractivity contribution >= 4 is 22.4 Å². The Hall–Kier alpha value is -1.81. The SMILES string of the molecule is CCN1CCN(c2ccc3cc(NC)ccc3n2)CC1. The number of rotatable bonds is 3. The first-order valence-electron chi connectivity index (χ1n) is 7.36. The molecule has 1 saturated heterocycles. The van der Waals surface area contributed by atoms with Gasteiger partial charge in [0.15, 0.2) is 0 Å². The van der Waals surface area contributed by atoms with E-state index in [2.05, 4.69) is 52.4 Å². The van der Waals surface area contributed by atoms with Crippen LogP contribution in [0.1, 0.15) is 6.92 Å². The molecule has 1 aliphatic rings. The predicted molar refractivity (Wildman–Crippen MR) is 85.6 cm³/mol. The molecular weight excluding hydrogens is 248 g/mol. The van der Waals surface area contributed by atoms with E-state index in [1.54, 1.807) is 0 Å². The lowest BCUT2D eigenvalue weighted by Gasteiger charge is -2.34. The largest absolute Gasteiger partial charge is 0.388 e. The molecule has 3 rings (SSSR count). The highest BCUT2D eigenvalue weighted by Gasteiger charge is 2.16. The van der Waals surface area contributed by atoms with E-state index in [0.29, 0.717) is 0 Å². The second kappa shape index (κ2) is 5.67. The Balaban J connectivity index is 1.82. The van der Waals surface area contributed by atoms with Crippen molar-refractivity contribution in [3.8, 4) is 0 Å². The van der Waals surface area contributed by atoms with E-state index in [4.69, 9.17) is 4.98 Å². The van der Waals surface area contributed by atoms with E-state index >= 15 is 0 Å². The molecule has 4 nitrogen and oxygen atoms in total. The maximum Gasteiger partial charge on any atom is 0.129 e. The minimum Gasteiger partial charge on any atom is -0.388 e. The Labute approximate surface area is 120 Å². The molecule has 2 aromatic rings. The van der Waals surface area contributed by atoms with Gasteiger partial charge in [-0.25, -0.2) is 4.98 Å². The first-order chi connectivity index (χ1) is 9.80. The number of hydrogen-bond donors (Lipinski definition) is 1. The third-order valence-corrected chi connectivity index (χ3v) is 4.11. The summed E-state index contributed by atoms with van der Waals surface area (Å²) in [5, 5.41) is 4.35. The lowest BCUT2D eigenvalue weighted by atomic mass is 10.2. The molecule has 20 heavy (non-hydrogen) atoms. The van der Waals surface area contributed by atoms with Crippen LogP contribution in [-0.2, 0) is 0 Å². The number of pyridine rings is 1. The molecule has 1 aromatic carbocycles. The fourth-order valence-corrected chi connectivity index (χ4v) is 2.74. The van der Waals surface area contributed by atoms with E-state index < -0.39 is 0 Å². The molecule has 0 atom stereocenters. The van der Waals surface area contributed by atoms with Gasteiger partial charge < -0.3 is 15.1 Å². The Morgan fingerprint density at radius 1 is 1.10 bits per heavy atom. The Morgan fingerprint density at radius 3 is 2.60 bits per heavy atom. The van der Waals surface area contributed by atoms with Crippen LogP contribution in [0, 0.1) is 0 Å². The number of benzene rings is 1. The van der Waals surface area contributed by atoms with E-state index in [0.717, 1.165) is 49.7 Å². The molecule has 0 bridgehead atoms. The van der Waals surface area contributed by atoms with Crippen molar-refractivity contribution in [2.24, 2.45) is 0 Å². The van der Waals surface area contributed by atoms with Crippen LogP contribution in [-0.4, -0.2) is 49.7 Å². The zero-order valence-corrected chi connectivity index (χ0v) is 12.3. The predicted octanol–water partition coefficient (Wildman–Crippen LogP) is 2.42. The van der Waals surface area contributed by atoms with Gasteiger partial charge in [0.25, 0.3) is 0 Å². The maximum absolute atomic E-state index is 4.80. The normalized spacial score (nSPS) is 16.6. The molecule has 0 spiro atoms. The Kier molecular flexibility index (Phi) is 3.74. The van der Waals surface area contributed by atoms with Gasteiger partial charge in [-0.1, -0.05) is 6.92 Å². The van der Waals surface area contributed by atoms with Gasteiger partial charge in [-0.15, -0.1) is 0 Å². The van der Waals surface area contributed by atoms with Crippen LogP contribution < -0.4 is 10.2 Å². The summed E-state index contributed by atoms with van der Waals surface area (Å²) < 4.78 is 0. The minimum atomic E-state index is 1.07. The summed E-state index contributed by atoms with van der Waals surface area (Å²) >= 11 is 0. The summed E-state index contributed by atoms with van der Waals surface area (Å²) in [5.41, 5.74) is 2.20. The summed E-state index contributed by atoms with van der Waals surface area (Å²) in [7, 11) is 1.94. The fraction of sp³-hybridized carbons (Fsp3) is 0.438. The van der Waals surface area contributed by atoms with Gasteiger partial charge in [-0.05, 0) is 36.9 Å². The number of piperazine rings is 1. The monoisotopic (exact) mass is 270 g/mol. The summed E-state index contributed by atoms with van der Waals surface area (Å²) in [6.45, 7) is 7.78. The van der Waals surface area contributed by atoms with Crippen LogP contribution in [0.15, 0.2) is 30.3 Å². The van der Waals surface area contributed by atoms with Gasteiger partial charge in [-0.2, -0.15) is 0 Å². The topological polar surface area (TPSA) is 31.4 Å². The highest BCUT2D eigenvalue weighted by molar-refractivity contribution is 5.83. The van der Waals surface area contributed by atoms with Gasteiger partial charge in [0.05, 0.1) is 5.52 Å². The van der Waals surface area contributed by atoms with Crippen molar-refractivity contribution in [2.45, 2.75) is 6.92 Å². The number of nitrogens with one attached hydrogen (secondary N) is 1. The van der Waals surface area contributed by atoms with Crippen molar-refractivity contribution in [3.63, 3.8) is 0 Å². The standard InChI is InChI=1S/C16H22N4/c1-3-19-8-10-20(11-9-19)16-7-4-13-12-14(17-2)5-6-15(13)18-16/h4-7,12,17H,3,8-11H2,1-2H3. The van der Waals surface area contributed by atoms with Crippen LogP contribution in [0.25, 0.3) is 10.9 Å². The Morgan fingerprint density at radius 2 is 1.90 bits per heavy atom. The van der Waals surface area contributed by atoms with E-state index in [9.17, 15) is 0 Å². The third-order valence-electron chi connectivity index (χ3n) is 4.11. The summed E-state index contributed by atoms with van der Waals surface area (Å²) in [6, 6.07) is 10.6. The van der Waals surface area contributed by atoms with Gasteiger partial charge in [0.1, 0.15) is 5.82 Å². The summed E-state index contributed by atoms with van der Waals surface area (Å²) in [6.07, 6.45) is 0. The van der Waals surface area contributed by atoms with Crippen LogP contribution in [0.5, 0.6) is 0 Å². The molecule has 0 amide bonds. The molecule has 1 fully saturated rings. The smallest absolute Gasteiger partial charge is 0.129 e. The molecule has 2 heterocycles. The molecule has 0 radical (unpaired) electrons. The molecule has 1 aliphatic heterocycles. The summed E-state index contributed by atoms with van der Waals surface area (Å²) in [5.74, 6) is 1.10. The molecule has 1 N–H and O–H groups in total. The molecule has 0 aliphatic carbocycles. The highest BCUT2D eigenvalue weighted by Crippen LogP contribution is 2.22. The van der Waals surface area contributed by atoms with E-state index in [-0.39, 0.29) is 0 Å². The van der Waals surface area contributed by atoms with Crippen molar-refractivity contribution < 1.29 is 0 Å². The molecule has 0 saturated carbocycles. The number of nitrogens with zero attached hydrogens (tertiary/aromatic N) is 3. The lowest BCUT2D eigenvalue weighted by molar-refractivity contribution is 0.270. The minimum absolute atomic E-state index is 1.07. The van der Waals surface area contributed by atoms with Crippen LogP contribution in [0.2, 0.25) is 0 Å². The first kappa shape index (κ1) is 13.2. The molecule has 4 heteroatoms. The zero-order chi connectivity index (χ0) is 13.9. The average molecular weight is 270 g/mol. The number of aromatic nitrogens is 1. The van der Waals surface area contributed by atoms with Gasteiger partial charge in [0, 0.05) is 44.3 Å². The fourth-order valence-electron chi connectivity index (χ4n) is 2.74. The Bertz CT molecular complexity index is 588. The quantitative estimate of drug-likeness (QED) is 0.928. The second-order valence-corrected chi connectivity index (χ2v) is 5.25. The number of likely N-dealkylation sites (N-methyl/N-ethyl adjacent to an activating group) is 1. The zero-order valence-electron chi connectivity index (χ0n) is 12.3. The van der Waals surface area contributed by atoms with Gasteiger partial charge >= 0.3 is 0 Å². The first-order valence-corrected chi connectivity index (χ1v) is 7.36. The number of hydrogen-bond acceptors (Lipinski definition) is 4. The van der Waals surface area contributed by atoms with Crippen molar-refractivity contribution in [1.82, 2.24) is 9.88 Å². The van der Waals surface area contributed by atoms with E-state index in [1.165, 1.54) is 5.39 Å². The number of anilines is 2. The highest BCUT2D eigenvalue weighted by atomic mass is 15.3. The molecule has 106 valence electrons. The second-order valence-electron chi connectivity index (χ2n) is 5.25. The van der Waals surface area contributed by atoms with Gasteiger partial charge in [-0.3, -0.25) is 0 Å².